The van der Waals surface area contributed by atoms with Crippen molar-refractivity contribution >= 4 is 64.1 Å². The first-order chi connectivity index (χ1) is 17.9. The largest absolute Gasteiger partial charge is 0.309 e. The normalized spacial score (nSPS) is 11.9. The maximum absolute atomic E-state index is 2.45. The number of hydrogen-bond donors (Lipinski definition) is 0. The Labute approximate surface area is 212 Å². The summed E-state index contributed by atoms with van der Waals surface area (Å²) in [5, 5.41) is 7.90. The molecule has 2 heterocycles. The van der Waals surface area contributed by atoms with Gasteiger partial charge in [-0.25, -0.2) is 0 Å². The minimum atomic E-state index is 1.19. The van der Waals surface area contributed by atoms with Gasteiger partial charge in [-0.15, -0.1) is 11.3 Å². The van der Waals surface area contributed by atoms with Crippen molar-refractivity contribution in [1.82, 2.24) is 4.57 Å². The van der Waals surface area contributed by atoms with E-state index in [2.05, 4.69) is 132 Å². The lowest BCUT2D eigenvalue weighted by Crippen LogP contribution is -1.94. The maximum Gasteiger partial charge on any atom is 0.0619 e. The molecule has 0 aliphatic rings. The lowest BCUT2D eigenvalue weighted by atomic mass is 10.0. The molecule has 0 amide bonds. The minimum Gasteiger partial charge on any atom is -0.309 e. The van der Waals surface area contributed by atoms with Crippen molar-refractivity contribution in [2.45, 2.75) is 0 Å². The van der Waals surface area contributed by atoms with Crippen molar-refractivity contribution in [2.24, 2.45) is 0 Å². The average Bonchev–Trinajstić information content (AvgIpc) is 3.50. The summed E-state index contributed by atoms with van der Waals surface area (Å²) in [6, 6.07) is 46.4. The summed E-state index contributed by atoms with van der Waals surface area (Å²) in [6.45, 7) is 0. The van der Waals surface area contributed by atoms with E-state index in [1.807, 2.05) is 11.3 Å². The average molecular weight is 476 g/mol. The van der Waals surface area contributed by atoms with Crippen LogP contribution in [0.5, 0.6) is 0 Å². The van der Waals surface area contributed by atoms with Crippen LogP contribution in [0.25, 0.3) is 69.6 Å². The highest BCUT2D eigenvalue weighted by molar-refractivity contribution is 7.26. The molecule has 0 spiro atoms. The standard InChI is InChI=1S/C34H21NS/c1-2-8-22(9-3-1)23-14-16-24(17-15-23)35-31-12-6-4-10-25(31)27-18-21-30-28(33(27)35)19-20-29-26-11-5-7-13-32(26)36-34(29)30/h1-21H. The van der Waals surface area contributed by atoms with Gasteiger partial charge in [-0.2, -0.15) is 0 Å². The summed E-state index contributed by atoms with van der Waals surface area (Å²) in [6.07, 6.45) is 0. The number of benzene rings is 6. The number of hydrogen-bond acceptors (Lipinski definition) is 1. The van der Waals surface area contributed by atoms with E-state index in [1.165, 1.54) is 69.6 Å². The first-order valence-corrected chi connectivity index (χ1v) is 13.1. The van der Waals surface area contributed by atoms with Crippen molar-refractivity contribution in [3.63, 3.8) is 0 Å². The Hall–Kier alpha value is -4.40. The van der Waals surface area contributed by atoms with Gasteiger partial charge in [0.1, 0.15) is 0 Å². The molecule has 0 atom stereocenters. The molecule has 6 aromatic carbocycles. The summed E-state index contributed by atoms with van der Waals surface area (Å²) < 4.78 is 5.16. The number of rotatable bonds is 2. The predicted octanol–water partition coefficient (Wildman–Crippen LogP) is 9.97. The second kappa shape index (κ2) is 7.55. The van der Waals surface area contributed by atoms with Crippen LogP contribution < -0.4 is 0 Å². The Bertz CT molecular complexity index is 2080. The van der Waals surface area contributed by atoms with E-state index in [0.717, 1.165) is 0 Å². The first-order valence-electron chi connectivity index (χ1n) is 12.3. The second-order valence-electron chi connectivity index (χ2n) is 9.36. The highest BCUT2D eigenvalue weighted by Gasteiger charge is 2.17. The van der Waals surface area contributed by atoms with Gasteiger partial charge in [-0.05, 0) is 35.4 Å². The van der Waals surface area contributed by atoms with Gasteiger partial charge >= 0.3 is 0 Å². The minimum absolute atomic E-state index is 1.19. The summed E-state index contributed by atoms with van der Waals surface area (Å²) in [5.41, 5.74) is 6.18. The number of thiophene rings is 1. The molecule has 0 aliphatic heterocycles. The fraction of sp³-hybridized carbons (Fsp3) is 0. The van der Waals surface area contributed by atoms with E-state index < -0.39 is 0 Å². The van der Waals surface area contributed by atoms with Crippen LogP contribution >= 0.6 is 11.3 Å². The van der Waals surface area contributed by atoms with E-state index in [9.17, 15) is 0 Å². The molecule has 36 heavy (non-hydrogen) atoms. The zero-order chi connectivity index (χ0) is 23.6. The van der Waals surface area contributed by atoms with Crippen molar-refractivity contribution in [3.05, 3.63) is 127 Å². The zero-order valence-corrected chi connectivity index (χ0v) is 20.3. The first kappa shape index (κ1) is 19.9. The van der Waals surface area contributed by atoms with Gasteiger partial charge in [-0.3, -0.25) is 0 Å². The van der Waals surface area contributed by atoms with E-state index >= 15 is 0 Å². The number of nitrogens with zero attached hydrogens (tertiary/aromatic N) is 1. The number of aromatic nitrogens is 1. The highest BCUT2D eigenvalue weighted by Crippen LogP contribution is 2.43. The molecule has 168 valence electrons. The predicted molar refractivity (Wildman–Crippen MR) is 157 cm³/mol. The maximum atomic E-state index is 2.45. The monoisotopic (exact) mass is 475 g/mol. The lowest BCUT2D eigenvalue weighted by Gasteiger charge is -2.11. The Kier molecular flexibility index (Phi) is 4.16. The van der Waals surface area contributed by atoms with Gasteiger partial charge in [0.05, 0.1) is 11.0 Å². The Balaban J connectivity index is 1.46. The molecule has 1 nitrogen and oxygen atoms in total. The van der Waals surface area contributed by atoms with Crippen LogP contribution in [-0.4, -0.2) is 4.57 Å². The van der Waals surface area contributed by atoms with Gasteiger partial charge in [0.2, 0.25) is 0 Å². The van der Waals surface area contributed by atoms with Crippen LogP contribution in [0.3, 0.4) is 0 Å². The summed E-state index contributed by atoms with van der Waals surface area (Å²) in [4.78, 5) is 0. The Morgan fingerprint density at radius 1 is 0.417 bits per heavy atom. The van der Waals surface area contributed by atoms with Crippen molar-refractivity contribution in [2.75, 3.05) is 0 Å². The molecule has 0 radical (unpaired) electrons. The van der Waals surface area contributed by atoms with Gasteiger partial charge in [0.15, 0.2) is 0 Å². The van der Waals surface area contributed by atoms with Crippen LogP contribution in [0, 0.1) is 0 Å². The van der Waals surface area contributed by atoms with E-state index in [-0.39, 0.29) is 0 Å². The molecule has 2 heteroatoms. The number of para-hydroxylation sites is 1. The fourth-order valence-electron chi connectivity index (χ4n) is 5.75. The van der Waals surface area contributed by atoms with E-state index in [1.54, 1.807) is 0 Å². The second-order valence-corrected chi connectivity index (χ2v) is 10.4. The Morgan fingerprint density at radius 2 is 1.00 bits per heavy atom. The molecule has 0 saturated carbocycles. The fourth-order valence-corrected chi connectivity index (χ4v) is 6.98. The third kappa shape index (κ3) is 2.76. The molecule has 0 saturated heterocycles. The smallest absolute Gasteiger partial charge is 0.0619 e. The third-order valence-corrected chi connectivity index (χ3v) is 8.62. The van der Waals surface area contributed by atoms with E-state index in [0.29, 0.717) is 0 Å². The number of fused-ring (bicyclic) bond motifs is 9. The topological polar surface area (TPSA) is 4.93 Å². The zero-order valence-electron chi connectivity index (χ0n) is 19.5. The van der Waals surface area contributed by atoms with Crippen molar-refractivity contribution in [1.29, 1.82) is 0 Å². The van der Waals surface area contributed by atoms with Crippen molar-refractivity contribution < 1.29 is 0 Å². The molecule has 8 aromatic rings. The van der Waals surface area contributed by atoms with Gasteiger partial charge < -0.3 is 4.57 Å². The van der Waals surface area contributed by atoms with Crippen LogP contribution in [0.1, 0.15) is 0 Å². The molecule has 0 fully saturated rings. The molecule has 2 aromatic heterocycles. The quantitative estimate of drug-likeness (QED) is 0.234. The molecule has 0 N–H and O–H groups in total. The molecule has 0 aliphatic carbocycles. The van der Waals surface area contributed by atoms with Crippen LogP contribution in [0.15, 0.2) is 127 Å². The van der Waals surface area contributed by atoms with Crippen LogP contribution in [-0.2, 0) is 0 Å². The van der Waals surface area contributed by atoms with Gasteiger partial charge in [-0.1, -0.05) is 103 Å². The molecular formula is C34H21NS. The Morgan fingerprint density at radius 3 is 1.81 bits per heavy atom. The van der Waals surface area contributed by atoms with Crippen molar-refractivity contribution in [3.8, 4) is 16.8 Å². The van der Waals surface area contributed by atoms with Gasteiger partial charge in [0, 0.05) is 47.4 Å². The molecule has 0 unspecified atom stereocenters. The third-order valence-electron chi connectivity index (χ3n) is 7.40. The summed E-state index contributed by atoms with van der Waals surface area (Å²) in [7, 11) is 0. The molecule has 8 rings (SSSR count). The van der Waals surface area contributed by atoms with Gasteiger partial charge in [0.25, 0.3) is 0 Å². The van der Waals surface area contributed by atoms with Crippen LogP contribution in [0.2, 0.25) is 0 Å². The highest BCUT2D eigenvalue weighted by atomic mass is 32.1. The molecule has 0 bridgehead atoms. The molecular weight excluding hydrogens is 454 g/mol. The summed E-state index contributed by atoms with van der Waals surface area (Å²) in [5.74, 6) is 0. The van der Waals surface area contributed by atoms with Crippen LogP contribution in [0.4, 0.5) is 0 Å². The van der Waals surface area contributed by atoms with E-state index in [4.69, 9.17) is 0 Å². The SMILES string of the molecule is c1ccc(-c2ccc(-n3c4ccccc4c4ccc5c(ccc6c7ccccc7sc65)c43)cc2)cc1. The lowest BCUT2D eigenvalue weighted by molar-refractivity contribution is 1.19. The summed E-state index contributed by atoms with van der Waals surface area (Å²) >= 11 is 1.90.